The Hall–Kier alpha value is -3.57. The van der Waals surface area contributed by atoms with E-state index in [2.05, 4.69) is 10.6 Å². The van der Waals surface area contributed by atoms with Crippen LogP contribution in [-0.2, 0) is 33.3 Å². The molecule has 0 bridgehead atoms. The van der Waals surface area contributed by atoms with E-state index in [1.54, 1.807) is 0 Å². The van der Waals surface area contributed by atoms with Crippen molar-refractivity contribution in [2.75, 3.05) is 7.11 Å². The molecule has 0 aromatic carbocycles. The molecule has 9 atom stereocenters. The average Bonchev–Trinajstić information content (AvgIpc) is 3.11. The molecule has 7 N–H and O–H groups in total. The van der Waals surface area contributed by atoms with E-state index in [1.807, 2.05) is 11.9 Å². The highest BCUT2D eigenvalue weighted by Gasteiger charge is 2.51. The molecule has 16 nitrogen and oxygen atoms in total. The quantitative estimate of drug-likeness (QED) is 0.183. The Morgan fingerprint density at radius 3 is 2.67 bits per heavy atom. The van der Waals surface area contributed by atoms with Gasteiger partial charge in [0.2, 0.25) is 18.1 Å². The second-order valence-corrected chi connectivity index (χ2v) is 9.91. The van der Waals surface area contributed by atoms with E-state index in [-0.39, 0.29) is 24.1 Å². The van der Waals surface area contributed by atoms with Crippen molar-refractivity contribution < 1.29 is 43.5 Å². The van der Waals surface area contributed by atoms with Gasteiger partial charge in [0.15, 0.2) is 18.1 Å². The van der Waals surface area contributed by atoms with Crippen LogP contribution in [0.4, 0.5) is 0 Å². The summed E-state index contributed by atoms with van der Waals surface area (Å²) in [5, 5.41) is 26.5. The number of H-pyrrole nitrogens is 1. The van der Waals surface area contributed by atoms with E-state index < -0.39 is 72.1 Å². The number of hydrogen-bond acceptors (Lipinski definition) is 11. The summed E-state index contributed by atoms with van der Waals surface area (Å²) < 4.78 is 23.3. The predicted octanol–water partition coefficient (Wildman–Crippen LogP) is -3.15. The number of nitrogens with two attached hydrogens (primary N) is 1. The third-order valence-corrected chi connectivity index (χ3v) is 6.92. The molecule has 9 unspecified atom stereocenters. The highest BCUT2D eigenvalue weighted by Crippen LogP contribution is 2.34. The summed E-state index contributed by atoms with van der Waals surface area (Å²) in [4.78, 5) is 63.5. The number of aliphatic hydroxyl groups excluding tert-OH is 2. The van der Waals surface area contributed by atoms with E-state index in [0.717, 1.165) is 29.3 Å². The molecular formula is C24H33N5O11. The number of methoxy groups -OCH3 is 1. The topological polar surface area (TPSA) is 234 Å². The van der Waals surface area contributed by atoms with Crippen molar-refractivity contribution in [3.05, 3.63) is 44.9 Å². The van der Waals surface area contributed by atoms with Crippen molar-refractivity contribution in [3.8, 4) is 0 Å². The normalized spacial score (nSPS) is 33.2. The Bertz CT molecular complexity index is 1260. The van der Waals surface area contributed by atoms with Crippen molar-refractivity contribution in [1.82, 2.24) is 20.2 Å². The average molecular weight is 568 g/mol. The number of aliphatic hydroxyl groups is 2. The molecule has 16 heteroatoms. The van der Waals surface area contributed by atoms with Gasteiger partial charge in [0.05, 0.1) is 6.10 Å². The van der Waals surface area contributed by atoms with Crippen LogP contribution in [0.1, 0.15) is 38.8 Å². The fourth-order valence-corrected chi connectivity index (χ4v) is 4.94. The standard InChI is InChI=1S/C24H33N5O11/c1-10-4-3-5-12(21(34)26-10)27-22(35)13-8-11(30)9-15(38-13)39-19(20(25)33)18-17(37-2)16(32)23(40-18)29-7-6-14(31)28-24(29)36/h6-8,10-12,15-19,23,30,32H,3-5,9H2,1-2H3,(H2,25,33)(H,26,34)(H,27,35)(H,28,31,36). The highest BCUT2D eigenvalue weighted by atomic mass is 16.7. The second kappa shape index (κ2) is 12.3. The maximum Gasteiger partial charge on any atom is 0.330 e. The molecule has 3 aliphatic rings. The maximum atomic E-state index is 12.9. The minimum Gasteiger partial charge on any atom is -0.459 e. The zero-order valence-electron chi connectivity index (χ0n) is 21.8. The van der Waals surface area contributed by atoms with Crippen molar-refractivity contribution in [2.45, 2.75) is 87.7 Å². The summed E-state index contributed by atoms with van der Waals surface area (Å²) in [6.45, 7) is 1.87. The van der Waals surface area contributed by atoms with Gasteiger partial charge < -0.3 is 45.5 Å². The van der Waals surface area contributed by atoms with Crippen LogP contribution in [0.5, 0.6) is 0 Å². The lowest BCUT2D eigenvalue weighted by molar-refractivity contribution is -0.208. The number of aromatic amines is 1. The van der Waals surface area contributed by atoms with Crippen LogP contribution in [0.25, 0.3) is 0 Å². The van der Waals surface area contributed by atoms with Crippen LogP contribution in [0.3, 0.4) is 0 Å². The van der Waals surface area contributed by atoms with E-state index in [0.29, 0.717) is 12.8 Å². The molecule has 3 aliphatic heterocycles. The third-order valence-electron chi connectivity index (χ3n) is 6.92. The first-order valence-corrected chi connectivity index (χ1v) is 12.8. The lowest BCUT2D eigenvalue weighted by Crippen LogP contribution is -2.51. The zero-order chi connectivity index (χ0) is 29.1. The number of amides is 3. The van der Waals surface area contributed by atoms with Crippen LogP contribution >= 0.6 is 0 Å². The van der Waals surface area contributed by atoms with Gasteiger partial charge in [-0.05, 0) is 32.3 Å². The molecule has 0 radical (unpaired) electrons. The number of primary amides is 1. The fourth-order valence-electron chi connectivity index (χ4n) is 4.94. The van der Waals surface area contributed by atoms with Gasteiger partial charge in [-0.3, -0.25) is 28.7 Å². The first kappa shape index (κ1) is 29.4. The van der Waals surface area contributed by atoms with Gasteiger partial charge in [-0.25, -0.2) is 4.79 Å². The monoisotopic (exact) mass is 567 g/mol. The minimum atomic E-state index is -1.63. The van der Waals surface area contributed by atoms with Crippen LogP contribution in [0.2, 0.25) is 0 Å². The number of carbonyl (C=O) groups is 3. The highest BCUT2D eigenvalue weighted by molar-refractivity contribution is 5.95. The Kier molecular flexibility index (Phi) is 9.05. The summed E-state index contributed by atoms with van der Waals surface area (Å²) >= 11 is 0. The van der Waals surface area contributed by atoms with Crippen molar-refractivity contribution >= 4 is 17.7 Å². The molecule has 3 amide bonds. The molecule has 2 fully saturated rings. The Labute approximate surface area is 227 Å². The number of ether oxygens (including phenoxy) is 4. The van der Waals surface area contributed by atoms with Gasteiger partial charge in [-0.1, -0.05) is 0 Å². The third kappa shape index (κ3) is 6.42. The van der Waals surface area contributed by atoms with Gasteiger partial charge in [-0.2, -0.15) is 0 Å². The largest absolute Gasteiger partial charge is 0.459 e. The minimum absolute atomic E-state index is 0.0282. The molecule has 0 saturated carbocycles. The molecular weight excluding hydrogens is 534 g/mol. The predicted molar refractivity (Wildman–Crippen MR) is 133 cm³/mol. The number of rotatable bonds is 8. The number of hydrogen-bond donors (Lipinski definition) is 6. The summed E-state index contributed by atoms with van der Waals surface area (Å²) in [6.07, 6.45) is -5.70. The molecule has 1 aromatic heterocycles. The molecule has 4 rings (SSSR count). The SMILES string of the molecule is COC1C(O)C(n2ccc(=O)[nH]c2=O)OC1C(OC1CC(O)C=C(C(=O)NC2CCCC(C)NC2=O)O1)C(N)=O. The number of aromatic nitrogens is 2. The van der Waals surface area contributed by atoms with Gasteiger partial charge >= 0.3 is 5.69 Å². The van der Waals surface area contributed by atoms with Gasteiger partial charge in [-0.15, -0.1) is 0 Å². The van der Waals surface area contributed by atoms with Crippen LogP contribution in [0.15, 0.2) is 33.7 Å². The van der Waals surface area contributed by atoms with Gasteiger partial charge in [0.25, 0.3) is 11.5 Å². The summed E-state index contributed by atoms with van der Waals surface area (Å²) in [6, 6.07) is 0.215. The molecule has 4 heterocycles. The Morgan fingerprint density at radius 2 is 2.00 bits per heavy atom. The van der Waals surface area contributed by atoms with E-state index >= 15 is 0 Å². The van der Waals surface area contributed by atoms with Crippen LogP contribution in [-0.4, -0.2) is 93.5 Å². The molecule has 40 heavy (non-hydrogen) atoms. The Balaban J connectivity index is 1.48. The van der Waals surface area contributed by atoms with Crippen molar-refractivity contribution in [1.29, 1.82) is 0 Å². The van der Waals surface area contributed by atoms with Crippen molar-refractivity contribution in [3.63, 3.8) is 0 Å². The summed E-state index contributed by atoms with van der Waals surface area (Å²) in [5.41, 5.74) is 4.03. The number of nitrogens with one attached hydrogen (secondary N) is 3. The lowest BCUT2D eigenvalue weighted by atomic mass is 10.0. The molecule has 220 valence electrons. The summed E-state index contributed by atoms with van der Waals surface area (Å²) in [5.74, 6) is -2.48. The summed E-state index contributed by atoms with van der Waals surface area (Å²) in [7, 11) is 1.23. The van der Waals surface area contributed by atoms with Crippen LogP contribution in [0, 0.1) is 0 Å². The molecule has 1 aromatic rings. The van der Waals surface area contributed by atoms with Gasteiger partial charge in [0, 0.05) is 31.8 Å². The lowest BCUT2D eigenvalue weighted by Gasteiger charge is -2.32. The first-order chi connectivity index (χ1) is 19.0. The Morgan fingerprint density at radius 1 is 1.25 bits per heavy atom. The van der Waals surface area contributed by atoms with Crippen LogP contribution < -0.4 is 27.6 Å². The zero-order valence-corrected chi connectivity index (χ0v) is 21.8. The fraction of sp³-hybridized carbons (Fsp3) is 0.625. The molecule has 0 aliphatic carbocycles. The van der Waals surface area contributed by atoms with E-state index in [1.165, 1.54) is 7.11 Å². The van der Waals surface area contributed by atoms with E-state index in [9.17, 15) is 34.2 Å². The maximum absolute atomic E-state index is 12.9. The van der Waals surface area contributed by atoms with Gasteiger partial charge in [0.1, 0.15) is 24.4 Å². The first-order valence-electron chi connectivity index (χ1n) is 12.8. The second-order valence-electron chi connectivity index (χ2n) is 9.91. The van der Waals surface area contributed by atoms with Crippen molar-refractivity contribution in [2.24, 2.45) is 5.73 Å². The molecule has 2 saturated heterocycles. The number of nitrogens with zero attached hydrogens (tertiary/aromatic N) is 1. The smallest absolute Gasteiger partial charge is 0.330 e. The number of carbonyl (C=O) groups excluding carboxylic acids is 3. The van der Waals surface area contributed by atoms with E-state index in [4.69, 9.17) is 24.7 Å². The molecule has 0 spiro atoms.